The van der Waals surface area contributed by atoms with Gasteiger partial charge in [-0.3, -0.25) is 0 Å². The molecular weight excluding hydrogens is 797 g/mol. The van der Waals surface area contributed by atoms with Gasteiger partial charge in [0.25, 0.3) is 0 Å². The topological polar surface area (TPSA) is 13.1 Å². The quantitative estimate of drug-likeness (QED) is 0.152. The lowest BCUT2D eigenvalue weighted by molar-refractivity contribution is 0.652. The van der Waals surface area contributed by atoms with Gasteiger partial charge in [-0.05, 0) is 197 Å². The molecule has 1 heteroatoms. The number of hydrogen-bond donors (Lipinski definition) is 0. The third-order valence-corrected chi connectivity index (χ3v) is 13.5. The van der Waals surface area contributed by atoms with E-state index >= 15 is 0 Å². The van der Waals surface area contributed by atoms with Gasteiger partial charge in [-0.2, -0.15) is 0 Å². The van der Waals surface area contributed by atoms with E-state index in [0.717, 1.165) is 0 Å². The first-order valence-corrected chi connectivity index (χ1v) is 21.4. The van der Waals surface area contributed by atoms with Crippen LogP contribution < -0.4 is 0 Å². The molecule has 10 aromatic rings. The highest BCUT2D eigenvalue weighted by Crippen LogP contribution is 2.55. The van der Waals surface area contributed by atoms with Crippen molar-refractivity contribution in [3.63, 3.8) is 0 Å². The number of hydrogen-bond acceptors (Lipinski definition) is 1. The maximum atomic E-state index is 10.1. The average Bonchev–Trinajstić information content (AvgIpc) is 1.52. The van der Waals surface area contributed by atoms with Gasteiger partial charge < -0.3 is 4.42 Å². The number of furan rings is 1. The Balaban J connectivity index is 1.38. The van der Waals surface area contributed by atoms with Crippen molar-refractivity contribution in [3.8, 4) is 44.5 Å². The van der Waals surface area contributed by atoms with Crippen LogP contribution in [0.1, 0.15) is 137 Å². The van der Waals surface area contributed by atoms with E-state index in [1.54, 1.807) is 34.6 Å². The Labute approximate surface area is 431 Å². The Bertz CT molecular complexity index is 5140. The molecule has 0 aliphatic heterocycles. The second kappa shape index (κ2) is 15.3. The minimum Gasteiger partial charge on any atom is -0.455 e. The van der Waals surface area contributed by atoms with Crippen LogP contribution in [0.4, 0.5) is 0 Å². The predicted octanol–water partition coefficient (Wildman–Crippen LogP) is 18.0. The molecule has 0 bridgehead atoms. The Hall–Kier alpha value is -6.96. The third kappa shape index (κ3) is 6.12. The predicted molar refractivity (Wildman–Crippen MR) is 282 cm³/mol. The summed E-state index contributed by atoms with van der Waals surface area (Å²) in [4.78, 5) is 0. The second-order valence-corrected chi connectivity index (χ2v) is 17.1. The first kappa shape index (κ1) is 20.7. The molecule has 1 atom stereocenters. The first-order valence-electron chi connectivity index (χ1n) is 35.9. The van der Waals surface area contributed by atoms with Crippen molar-refractivity contribution < 1.29 is 44.2 Å². The molecule has 9 aromatic carbocycles. The summed E-state index contributed by atoms with van der Waals surface area (Å²) in [5.41, 5.74) is -6.85. The molecular formula is C65H58O. The van der Waals surface area contributed by atoms with Gasteiger partial charge in [-0.15, -0.1) is 0 Å². The largest absolute Gasteiger partial charge is 0.455 e. The normalized spacial score (nSPS) is 20.0. The molecule has 0 N–H and O–H groups in total. The fraction of sp³-hybridized carbons (Fsp3) is 0.200. The van der Waals surface area contributed by atoms with Crippen molar-refractivity contribution in [2.75, 3.05) is 0 Å². The first-order chi connectivity index (χ1) is 43.9. The van der Waals surface area contributed by atoms with Gasteiger partial charge in [0.1, 0.15) is 11.2 Å². The minimum absolute atomic E-state index is 0.0230. The smallest absolute Gasteiger partial charge is 0.143 e. The van der Waals surface area contributed by atoms with Gasteiger partial charge in [0.05, 0.1) is 31.5 Å². The van der Waals surface area contributed by atoms with Crippen molar-refractivity contribution in [2.24, 2.45) is 0 Å². The van der Waals surface area contributed by atoms with Crippen LogP contribution >= 0.6 is 0 Å². The highest BCUT2D eigenvalue weighted by molar-refractivity contribution is 6.23. The van der Waals surface area contributed by atoms with E-state index in [1.807, 2.05) is 0 Å². The molecule has 0 saturated carbocycles. The van der Waals surface area contributed by atoms with Gasteiger partial charge in [0.2, 0.25) is 0 Å². The Morgan fingerprint density at radius 1 is 0.485 bits per heavy atom. The molecule has 66 heavy (non-hydrogen) atoms. The molecule has 0 spiro atoms. The molecule has 0 amide bonds. The molecule has 0 radical (unpaired) electrons. The monoisotopic (exact) mass is 884 g/mol. The molecule has 1 unspecified atom stereocenters. The molecule has 1 aromatic heterocycles. The van der Waals surface area contributed by atoms with Crippen LogP contribution in [0.15, 0.2) is 149 Å². The Morgan fingerprint density at radius 2 is 1.14 bits per heavy atom. The van der Waals surface area contributed by atoms with Crippen molar-refractivity contribution in [1.29, 1.82) is 0 Å². The number of fused-ring (bicyclic) bond motifs is 8. The van der Waals surface area contributed by atoms with Gasteiger partial charge in [0, 0.05) is 35.7 Å². The fourth-order valence-electron chi connectivity index (χ4n) is 10.2. The maximum Gasteiger partial charge on any atom is 0.143 e. The summed E-state index contributed by atoms with van der Waals surface area (Å²) in [6.07, 6.45) is 0. The van der Waals surface area contributed by atoms with E-state index in [-0.39, 0.29) is 94.6 Å². The third-order valence-electron chi connectivity index (χ3n) is 13.5. The zero-order valence-corrected chi connectivity index (χ0v) is 37.6. The van der Waals surface area contributed by atoms with Gasteiger partial charge in [-0.25, -0.2) is 0 Å². The van der Waals surface area contributed by atoms with Gasteiger partial charge in [-0.1, -0.05) is 152 Å². The highest BCUT2D eigenvalue weighted by Gasteiger charge is 2.40. The lowest BCUT2D eigenvalue weighted by Gasteiger charge is -2.31. The van der Waals surface area contributed by atoms with E-state index in [4.69, 9.17) is 19.5 Å². The summed E-state index contributed by atoms with van der Waals surface area (Å²) < 4.78 is 275. The summed E-state index contributed by atoms with van der Waals surface area (Å²) in [5.74, 6) is -1.81. The lowest BCUT2D eigenvalue weighted by Crippen LogP contribution is -2.20. The van der Waals surface area contributed by atoms with Gasteiger partial charge >= 0.3 is 0 Å². The fourth-order valence-corrected chi connectivity index (χ4v) is 10.2. The van der Waals surface area contributed by atoms with Gasteiger partial charge in [0.15, 0.2) is 0 Å². The van der Waals surface area contributed by atoms with E-state index in [2.05, 4.69) is 0 Å². The SMILES string of the molecule is [2H]c1c([2H])c([2H])c(-c2c([2H])c([2H])c(C(c3cc([2H])c4oc5c6c(C)c([2H])c(C)c(C)c6c(-c6c([2H])c([2H])c([2H])c(-c7c([2H])c([2H])c(C)c([2H])c7[2H])c6[2H])c(C)c5c4c3C)c3c(C)c(C)c4c(c3C)C(C([2H])([2H])[2H])(C([2H])([2H])[2H])c3c([2H])c([2H])c([2H])c([2H])c3-4)c([2H])c2[2H])c([2H])c1[2H]. The lowest BCUT2D eigenvalue weighted by atomic mass is 9.72. The summed E-state index contributed by atoms with van der Waals surface area (Å²) in [6, 6.07) is -15.3. The van der Waals surface area contributed by atoms with Crippen LogP contribution in [-0.4, -0.2) is 0 Å². The summed E-state index contributed by atoms with van der Waals surface area (Å²) >= 11 is 0. The second-order valence-electron chi connectivity index (χ2n) is 17.1. The van der Waals surface area contributed by atoms with Crippen LogP contribution in [0.25, 0.3) is 77.2 Å². The van der Waals surface area contributed by atoms with Crippen molar-refractivity contribution in [1.82, 2.24) is 0 Å². The van der Waals surface area contributed by atoms with Crippen molar-refractivity contribution in [3.05, 3.63) is 223 Å². The summed E-state index contributed by atoms with van der Waals surface area (Å²) in [7, 11) is 0. The maximum absolute atomic E-state index is 10.1. The summed E-state index contributed by atoms with van der Waals surface area (Å²) in [5, 5.41) is 0.768. The minimum atomic E-state index is -3.67. The zero-order valence-electron chi connectivity index (χ0n) is 66.6. The molecule has 1 aliphatic rings. The van der Waals surface area contributed by atoms with Crippen LogP contribution in [0.3, 0.4) is 0 Å². The Morgan fingerprint density at radius 3 is 1.88 bits per heavy atom. The molecule has 11 rings (SSSR count). The molecule has 1 nitrogen and oxygen atoms in total. The van der Waals surface area contributed by atoms with Crippen LogP contribution in [0, 0.1) is 62.3 Å². The molecule has 324 valence electrons. The Kier molecular flexibility index (Phi) is 4.80. The summed E-state index contributed by atoms with van der Waals surface area (Å²) in [6.45, 7) is 6.55. The van der Waals surface area contributed by atoms with Crippen molar-refractivity contribution >= 4 is 32.7 Å². The number of rotatable bonds is 6. The van der Waals surface area contributed by atoms with Crippen LogP contribution in [0.2, 0.25) is 0 Å². The number of aryl methyl sites for hydroxylation is 4. The highest BCUT2D eigenvalue weighted by atomic mass is 16.3. The van der Waals surface area contributed by atoms with Crippen molar-refractivity contribution in [2.45, 2.75) is 87.4 Å². The van der Waals surface area contributed by atoms with E-state index < -0.39 is 202 Å². The zero-order chi connectivity index (χ0) is 70.9. The molecule has 0 saturated heterocycles. The molecule has 0 fully saturated rings. The van der Waals surface area contributed by atoms with Crippen LogP contribution in [0.5, 0.6) is 0 Å². The van der Waals surface area contributed by atoms with E-state index in [9.17, 15) is 24.7 Å². The van der Waals surface area contributed by atoms with E-state index in [1.165, 1.54) is 33.8 Å². The standard InChI is InChI=1S/C65H58O/c1-36-24-26-47(27-25-36)49-20-17-21-50(35-49)57-43(8)61-59-42(7)51(32-33-54(59)66-64(61)55-38(3)34-37(2)39(4)60(55)57)62(48-30-28-46(29-31-48)45-18-13-12-14-19-45)56-40(5)41(6)58-52-22-15-16-23-53(52)65(10,11)63(58)44(56)9/h12-35,62H,1-11H3/i10D3,11D3,12D,13D,14D,15D,16D,17D,18D,19D,20D,21D,22D,23D,24D,25D,26D,27D,28D,29D,30D,31D,33D,34D,35D. The molecule has 1 aliphatic carbocycles. The van der Waals surface area contributed by atoms with E-state index in [0.29, 0.717) is 22.1 Å². The average molecular weight is 884 g/mol. The molecule has 1 heterocycles. The van der Waals surface area contributed by atoms with Crippen LogP contribution in [-0.2, 0) is 5.41 Å². The number of benzene rings is 9.